The molecule has 0 aromatic heterocycles. The Morgan fingerprint density at radius 3 is 1.92 bits per heavy atom. The van der Waals surface area contributed by atoms with E-state index in [4.69, 9.17) is 23.7 Å². The lowest BCUT2D eigenvalue weighted by molar-refractivity contribution is -0.332. The Morgan fingerprint density at radius 2 is 1.38 bits per heavy atom. The first kappa shape index (κ1) is 49.8. The fraction of sp³-hybridized carbons (Fsp3) is 0.422. The summed E-state index contributed by atoms with van der Waals surface area (Å²) in [7, 11) is 0. The first-order valence-electron chi connectivity index (χ1n) is 19.7. The van der Waals surface area contributed by atoms with Crippen LogP contribution in [0.2, 0.25) is 0 Å². The highest BCUT2D eigenvalue weighted by Gasteiger charge is 2.74. The summed E-state index contributed by atoms with van der Waals surface area (Å²) in [6, 6.07) is 22.9. The minimum atomic E-state index is -2.36. The third kappa shape index (κ3) is 9.01. The summed E-state index contributed by atoms with van der Waals surface area (Å²) in [4.78, 5) is 82.2. The largest absolute Gasteiger partial charge is 0.456 e. The maximum absolute atomic E-state index is 15.0. The molecule has 7 rings (SSSR count). The van der Waals surface area contributed by atoms with Crippen LogP contribution < -0.4 is 5.32 Å². The SMILES string of the molecule is CC(=O)O[C@H]1C(=O)C2[C@H]([C@H](OC(=O)c3ccccc3)[C@]3(O)C[C@H](OC(=O)[C@H](O)[C@@H](NC(=O)c4ccccc4)c4ccccc4)C=C1C3(C)C)[C@]1(OC(C)=O)CO[C@@H]1C[C@@H]2O.O.O.O. The summed E-state index contributed by atoms with van der Waals surface area (Å²) in [5.74, 6) is -8.31. The molecule has 18 nitrogen and oxygen atoms in total. The van der Waals surface area contributed by atoms with Crippen molar-refractivity contribution in [1.29, 1.82) is 0 Å². The van der Waals surface area contributed by atoms with E-state index < -0.39 is 113 Å². The van der Waals surface area contributed by atoms with Crippen LogP contribution in [0.1, 0.15) is 72.9 Å². The van der Waals surface area contributed by atoms with Crippen molar-refractivity contribution in [3.05, 3.63) is 119 Å². The Bertz CT molecular complexity index is 2180. The maximum atomic E-state index is 15.0. The van der Waals surface area contributed by atoms with Gasteiger partial charge in [0.05, 0.1) is 36.2 Å². The number of fused-ring (bicyclic) bond motifs is 5. The van der Waals surface area contributed by atoms with Crippen molar-refractivity contribution in [3.8, 4) is 0 Å². The average Bonchev–Trinajstić information content (AvgIpc) is 3.21. The van der Waals surface area contributed by atoms with Crippen molar-refractivity contribution in [2.24, 2.45) is 17.3 Å². The summed E-state index contributed by atoms with van der Waals surface area (Å²) < 4.78 is 29.7. The summed E-state index contributed by atoms with van der Waals surface area (Å²) in [6.45, 7) is 5.00. The quantitative estimate of drug-likeness (QED) is 0.122. The molecule has 1 heterocycles. The number of hydrogen-bond donors (Lipinski definition) is 4. The number of benzene rings is 3. The zero-order valence-corrected chi connectivity index (χ0v) is 34.9. The van der Waals surface area contributed by atoms with E-state index in [1.807, 2.05) is 0 Å². The fourth-order valence-corrected chi connectivity index (χ4v) is 9.35. The molecule has 2 saturated carbocycles. The topological polar surface area (TPSA) is 316 Å². The van der Waals surface area contributed by atoms with Gasteiger partial charge in [-0.25, -0.2) is 9.59 Å². The molecule has 340 valence electrons. The molecule has 3 fully saturated rings. The van der Waals surface area contributed by atoms with Crippen LogP contribution in [-0.2, 0) is 42.9 Å². The van der Waals surface area contributed by atoms with Crippen LogP contribution in [0.5, 0.6) is 0 Å². The number of aliphatic hydroxyl groups excluding tert-OH is 2. The first-order valence-corrected chi connectivity index (χ1v) is 19.7. The summed E-state index contributed by atoms with van der Waals surface area (Å²) in [6.07, 6.45) is -8.97. The lowest BCUT2D eigenvalue weighted by Gasteiger charge is -2.64. The van der Waals surface area contributed by atoms with Crippen LogP contribution >= 0.6 is 0 Å². The van der Waals surface area contributed by atoms with E-state index in [-0.39, 0.29) is 46.2 Å². The molecule has 18 heteroatoms. The van der Waals surface area contributed by atoms with Gasteiger partial charge in [-0.15, -0.1) is 0 Å². The fourth-order valence-electron chi connectivity index (χ4n) is 9.35. The van der Waals surface area contributed by atoms with Gasteiger partial charge in [0.2, 0.25) is 0 Å². The van der Waals surface area contributed by atoms with Gasteiger partial charge in [0, 0.05) is 37.7 Å². The Labute approximate surface area is 362 Å². The van der Waals surface area contributed by atoms with E-state index in [0.29, 0.717) is 5.56 Å². The van der Waals surface area contributed by atoms with Crippen molar-refractivity contribution < 1.29 is 84.2 Å². The number of carbonyl (C=O) groups excluding carboxylic acids is 6. The van der Waals surface area contributed by atoms with E-state index in [9.17, 15) is 39.3 Å². The second-order valence-electron chi connectivity index (χ2n) is 16.3. The van der Waals surface area contributed by atoms with Gasteiger partial charge in [-0.3, -0.25) is 19.2 Å². The lowest BCUT2D eigenvalue weighted by Crippen LogP contribution is -2.79. The van der Waals surface area contributed by atoms with Crippen molar-refractivity contribution >= 4 is 35.6 Å². The Kier molecular flexibility index (Phi) is 15.2. The Hall–Kier alpha value is -5.86. The molecule has 1 amide bonds. The van der Waals surface area contributed by atoms with Crippen LogP contribution in [0.4, 0.5) is 0 Å². The highest BCUT2D eigenvalue weighted by molar-refractivity contribution is 5.95. The van der Waals surface area contributed by atoms with Gasteiger partial charge in [0.15, 0.2) is 23.6 Å². The molecule has 11 atom stereocenters. The Balaban J connectivity index is 0.00000290. The summed E-state index contributed by atoms with van der Waals surface area (Å²) in [5.41, 5.74) is -5.07. The molecule has 2 bridgehead atoms. The molecule has 1 unspecified atom stereocenters. The third-order valence-corrected chi connectivity index (χ3v) is 12.4. The molecule has 3 aromatic rings. The zero-order valence-electron chi connectivity index (χ0n) is 34.9. The van der Waals surface area contributed by atoms with E-state index in [0.717, 1.165) is 13.8 Å². The molecule has 10 N–H and O–H groups in total. The molecule has 1 saturated heterocycles. The number of ketones is 1. The van der Waals surface area contributed by atoms with Crippen molar-refractivity contribution in [2.75, 3.05) is 6.61 Å². The number of Topliss-reactive ketones (excluding diaryl/α,β-unsaturated/α-hetero) is 1. The van der Waals surface area contributed by atoms with E-state index >= 15 is 4.79 Å². The molecule has 1 aliphatic heterocycles. The van der Waals surface area contributed by atoms with Gasteiger partial charge in [0.25, 0.3) is 5.91 Å². The normalized spacial score (nSPS) is 29.6. The van der Waals surface area contributed by atoms with Crippen molar-refractivity contribution in [3.63, 3.8) is 0 Å². The number of amides is 1. The van der Waals surface area contributed by atoms with Gasteiger partial charge < -0.3 is 60.7 Å². The van der Waals surface area contributed by atoms with Crippen LogP contribution in [-0.4, -0.2) is 122 Å². The molecule has 0 spiro atoms. The number of rotatable bonds is 10. The molecular weight excluding hydrogens is 826 g/mol. The minimum absolute atomic E-state index is 0. The summed E-state index contributed by atoms with van der Waals surface area (Å²) >= 11 is 0. The van der Waals surface area contributed by atoms with E-state index in [1.165, 1.54) is 32.1 Å². The van der Waals surface area contributed by atoms with E-state index in [1.54, 1.807) is 78.9 Å². The number of ether oxygens (including phenoxy) is 5. The highest BCUT2D eigenvalue weighted by atomic mass is 16.6. The standard InChI is InChI=1S/C45H47NO14.3H2O/c1-24(47)57-38-30-20-29(58-42(54)37(51)35(26-14-8-5-9-15-26)46-40(52)27-16-10-6-11-17-27)22-45(55,43(30,3)4)39(59-41(53)28-18-12-7-13-19-28)34-33(36(38)50)31(49)21-32-44(34,23-56-32)60-25(2)48;;;/h5-20,29,31-35,37-39,49,51,55H,21-23H2,1-4H3,(H,46,52);3*1H2/t29-,31+,32-,33?,34-,35+,37-,38-,39+,44+,45-;;;/m1.../s1. The number of esters is 4. The van der Waals surface area contributed by atoms with Gasteiger partial charge in [-0.1, -0.05) is 80.6 Å². The molecule has 0 radical (unpaired) electrons. The molecule has 3 aromatic carbocycles. The van der Waals surface area contributed by atoms with Gasteiger partial charge in [-0.05, 0) is 41.5 Å². The Morgan fingerprint density at radius 1 is 0.810 bits per heavy atom. The van der Waals surface area contributed by atoms with E-state index in [2.05, 4.69) is 5.32 Å². The maximum Gasteiger partial charge on any atom is 0.338 e. The van der Waals surface area contributed by atoms with Gasteiger partial charge in [-0.2, -0.15) is 0 Å². The van der Waals surface area contributed by atoms with Crippen molar-refractivity contribution in [1.82, 2.24) is 5.32 Å². The number of carbonyl (C=O) groups is 6. The zero-order chi connectivity index (χ0) is 43.1. The number of aliphatic hydroxyl groups is 3. The monoisotopic (exact) mass is 879 g/mol. The molecule has 4 aliphatic rings. The van der Waals surface area contributed by atoms with Gasteiger partial charge >= 0.3 is 23.9 Å². The van der Waals surface area contributed by atoms with Crippen molar-refractivity contribution in [2.45, 2.75) is 94.4 Å². The first-order chi connectivity index (χ1) is 28.5. The van der Waals surface area contributed by atoms with Crippen LogP contribution in [0.15, 0.2) is 103 Å². The second-order valence-corrected chi connectivity index (χ2v) is 16.3. The minimum Gasteiger partial charge on any atom is -0.456 e. The highest BCUT2D eigenvalue weighted by Crippen LogP contribution is 2.60. The number of hydrogen-bond acceptors (Lipinski definition) is 14. The lowest BCUT2D eigenvalue weighted by atomic mass is 9.49. The van der Waals surface area contributed by atoms with Crippen LogP contribution in [0.25, 0.3) is 0 Å². The smallest absolute Gasteiger partial charge is 0.338 e. The molecular formula is C45H53NO17. The average molecular weight is 880 g/mol. The van der Waals surface area contributed by atoms with Crippen LogP contribution in [0.3, 0.4) is 0 Å². The third-order valence-electron chi connectivity index (χ3n) is 12.4. The predicted molar refractivity (Wildman–Crippen MR) is 219 cm³/mol. The predicted octanol–water partition coefficient (Wildman–Crippen LogP) is 0.481. The number of nitrogens with one attached hydrogen (secondary N) is 1. The second kappa shape index (κ2) is 19.3. The summed E-state index contributed by atoms with van der Waals surface area (Å²) in [5, 5.41) is 39.5. The molecule has 63 heavy (non-hydrogen) atoms. The van der Waals surface area contributed by atoms with Crippen LogP contribution in [0, 0.1) is 17.3 Å². The van der Waals surface area contributed by atoms with Gasteiger partial charge in [0.1, 0.15) is 23.9 Å². The molecule has 3 aliphatic carbocycles.